The fraction of sp³-hybridized carbons (Fsp3) is 0.316. The molecule has 0 aliphatic rings. The Balaban J connectivity index is 1.75. The Bertz CT molecular complexity index is 905. The Hall–Kier alpha value is -2.87. The van der Waals surface area contributed by atoms with E-state index >= 15 is 0 Å². The van der Waals surface area contributed by atoms with E-state index in [4.69, 9.17) is 4.74 Å². The molecule has 3 N–H and O–H groups in total. The minimum Gasteiger partial charge on any atom is -0.449 e. The number of carbonyl (C=O) groups is 2. The van der Waals surface area contributed by atoms with Crippen LogP contribution in [-0.2, 0) is 16.0 Å². The molecule has 0 aliphatic carbocycles. The Labute approximate surface area is 161 Å². The SMILES string of the molecule is CC(C)COC(=O)N[C@@H](Cc1c[nH]c2ccccc12)C(=O)Nc1nccs1. The highest BCUT2D eigenvalue weighted by atomic mass is 32.1. The zero-order valence-electron chi connectivity index (χ0n) is 15.2. The van der Waals surface area contributed by atoms with Gasteiger partial charge in [-0.25, -0.2) is 9.78 Å². The number of rotatable bonds is 7. The molecule has 8 heteroatoms. The molecule has 3 aromatic rings. The largest absolute Gasteiger partial charge is 0.449 e. The summed E-state index contributed by atoms with van der Waals surface area (Å²) in [6.07, 6.45) is 3.19. The molecule has 2 amide bonds. The average Bonchev–Trinajstić information content (AvgIpc) is 3.29. The van der Waals surface area contributed by atoms with E-state index in [1.54, 1.807) is 11.6 Å². The molecule has 1 aromatic carbocycles. The van der Waals surface area contributed by atoms with Gasteiger partial charge in [0.2, 0.25) is 5.91 Å². The lowest BCUT2D eigenvalue weighted by molar-refractivity contribution is -0.118. The number of anilines is 1. The molecule has 2 aromatic heterocycles. The number of nitrogens with one attached hydrogen (secondary N) is 3. The zero-order valence-corrected chi connectivity index (χ0v) is 16.0. The van der Waals surface area contributed by atoms with Crippen molar-refractivity contribution in [2.75, 3.05) is 11.9 Å². The van der Waals surface area contributed by atoms with E-state index in [-0.39, 0.29) is 11.8 Å². The van der Waals surface area contributed by atoms with E-state index in [1.807, 2.05) is 44.3 Å². The lowest BCUT2D eigenvalue weighted by atomic mass is 10.0. The number of ether oxygens (including phenoxy) is 1. The molecule has 7 nitrogen and oxygen atoms in total. The van der Waals surface area contributed by atoms with Gasteiger partial charge in [-0.1, -0.05) is 32.0 Å². The van der Waals surface area contributed by atoms with Crippen LogP contribution < -0.4 is 10.6 Å². The number of amides is 2. The first-order valence-corrected chi connectivity index (χ1v) is 9.59. The van der Waals surface area contributed by atoms with Gasteiger partial charge >= 0.3 is 6.09 Å². The number of hydrogen-bond acceptors (Lipinski definition) is 5. The smallest absolute Gasteiger partial charge is 0.407 e. The summed E-state index contributed by atoms with van der Waals surface area (Å²) in [5, 5.41) is 8.69. The van der Waals surface area contributed by atoms with Crippen molar-refractivity contribution < 1.29 is 14.3 Å². The molecule has 27 heavy (non-hydrogen) atoms. The first-order chi connectivity index (χ1) is 13.0. The normalized spacial score (nSPS) is 12.1. The fourth-order valence-corrected chi connectivity index (χ4v) is 3.17. The number of aromatic nitrogens is 2. The summed E-state index contributed by atoms with van der Waals surface area (Å²) in [4.78, 5) is 32.1. The summed E-state index contributed by atoms with van der Waals surface area (Å²) in [6, 6.07) is 7.04. The molecule has 0 spiro atoms. The van der Waals surface area contributed by atoms with Crippen LogP contribution in [0.5, 0.6) is 0 Å². The second kappa shape index (κ2) is 8.68. The predicted molar refractivity (Wildman–Crippen MR) is 106 cm³/mol. The molecule has 0 aliphatic heterocycles. The minimum atomic E-state index is -0.784. The standard InChI is InChI=1S/C19H22N4O3S/c1-12(2)11-26-19(25)22-16(17(24)23-18-20-7-8-27-18)9-13-10-21-15-6-4-3-5-14(13)15/h3-8,10,12,16,21H,9,11H2,1-2H3,(H,22,25)(H,20,23,24)/t16-/m0/s1. The number of benzene rings is 1. The molecular weight excluding hydrogens is 364 g/mol. The number of alkyl carbamates (subject to hydrolysis) is 1. The van der Waals surface area contributed by atoms with E-state index in [0.717, 1.165) is 16.5 Å². The molecular formula is C19H22N4O3S. The Morgan fingerprint density at radius 1 is 1.30 bits per heavy atom. The van der Waals surface area contributed by atoms with Crippen molar-refractivity contribution in [3.8, 4) is 0 Å². The summed E-state index contributed by atoms with van der Waals surface area (Å²) in [5.74, 6) is -0.122. The van der Waals surface area contributed by atoms with Crippen LogP contribution >= 0.6 is 11.3 Å². The van der Waals surface area contributed by atoms with Crippen LogP contribution in [0.1, 0.15) is 19.4 Å². The molecule has 0 radical (unpaired) electrons. The summed E-state index contributed by atoms with van der Waals surface area (Å²) in [6.45, 7) is 4.19. The van der Waals surface area contributed by atoms with Crippen LogP contribution in [0.2, 0.25) is 0 Å². The molecule has 1 atom stereocenters. The van der Waals surface area contributed by atoms with Gasteiger partial charge in [-0.05, 0) is 17.5 Å². The van der Waals surface area contributed by atoms with Crippen molar-refractivity contribution >= 4 is 39.4 Å². The van der Waals surface area contributed by atoms with Crippen molar-refractivity contribution in [3.05, 3.63) is 47.6 Å². The van der Waals surface area contributed by atoms with Gasteiger partial charge in [0.1, 0.15) is 6.04 Å². The number of para-hydroxylation sites is 1. The van der Waals surface area contributed by atoms with E-state index in [9.17, 15) is 9.59 Å². The molecule has 3 rings (SSSR count). The lowest BCUT2D eigenvalue weighted by Gasteiger charge is -2.18. The lowest BCUT2D eigenvalue weighted by Crippen LogP contribution is -2.45. The van der Waals surface area contributed by atoms with Crippen LogP contribution in [0, 0.1) is 5.92 Å². The van der Waals surface area contributed by atoms with Crippen LogP contribution in [0.15, 0.2) is 42.0 Å². The molecule has 142 valence electrons. The van der Waals surface area contributed by atoms with Crippen LogP contribution in [0.4, 0.5) is 9.93 Å². The molecule has 0 saturated heterocycles. The highest BCUT2D eigenvalue weighted by Crippen LogP contribution is 2.20. The van der Waals surface area contributed by atoms with Gasteiger partial charge in [-0.2, -0.15) is 0 Å². The van der Waals surface area contributed by atoms with Gasteiger partial charge in [0.25, 0.3) is 0 Å². The highest BCUT2D eigenvalue weighted by molar-refractivity contribution is 7.13. The van der Waals surface area contributed by atoms with Gasteiger partial charge in [-0.15, -0.1) is 11.3 Å². The van der Waals surface area contributed by atoms with Gasteiger partial charge in [-0.3, -0.25) is 4.79 Å². The Morgan fingerprint density at radius 2 is 2.11 bits per heavy atom. The number of nitrogens with zero attached hydrogens (tertiary/aromatic N) is 1. The maximum absolute atomic E-state index is 12.7. The number of fused-ring (bicyclic) bond motifs is 1. The Kier molecular flexibility index (Phi) is 6.08. The second-order valence-electron chi connectivity index (χ2n) is 6.58. The van der Waals surface area contributed by atoms with Gasteiger partial charge < -0.3 is 20.4 Å². The van der Waals surface area contributed by atoms with Crippen LogP contribution in [0.3, 0.4) is 0 Å². The number of aromatic amines is 1. The van der Waals surface area contributed by atoms with E-state index in [0.29, 0.717) is 18.2 Å². The first kappa shape index (κ1) is 18.9. The van der Waals surface area contributed by atoms with E-state index < -0.39 is 12.1 Å². The summed E-state index contributed by atoms with van der Waals surface area (Å²) in [7, 11) is 0. The van der Waals surface area contributed by atoms with Crippen molar-refractivity contribution in [2.45, 2.75) is 26.3 Å². The van der Waals surface area contributed by atoms with Crippen molar-refractivity contribution in [2.24, 2.45) is 5.92 Å². The zero-order chi connectivity index (χ0) is 19.2. The number of thiazole rings is 1. The third-order valence-electron chi connectivity index (χ3n) is 3.92. The Morgan fingerprint density at radius 3 is 2.85 bits per heavy atom. The summed E-state index contributed by atoms with van der Waals surface area (Å²) < 4.78 is 5.18. The van der Waals surface area contributed by atoms with Crippen molar-refractivity contribution in [3.63, 3.8) is 0 Å². The van der Waals surface area contributed by atoms with Crippen LogP contribution in [0.25, 0.3) is 10.9 Å². The van der Waals surface area contributed by atoms with Gasteiger partial charge in [0.15, 0.2) is 5.13 Å². The molecule has 0 unspecified atom stereocenters. The predicted octanol–water partition coefficient (Wildman–Crippen LogP) is 3.56. The fourth-order valence-electron chi connectivity index (χ4n) is 2.63. The van der Waals surface area contributed by atoms with Crippen molar-refractivity contribution in [1.29, 1.82) is 0 Å². The summed E-state index contributed by atoms with van der Waals surface area (Å²) in [5.41, 5.74) is 1.92. The quantitative estimate of drug-likeness (QED) is 0.578. The average molecular weight is 386 g/mol. The monoisotopic (exact) mass is 386 g/mol. The first-order valence-electron chi connectivity index (χ1n) is 8.71. The van der Waals surface area contributed by atoms with Gasteiger partial charge in [0.05, 0.1) is 6.61 Å². The third-order valence-corrected chi connectivity index (χ3v) is 4.61. The second-order valence-corrected chi connectivity index (χ2v) is 7.47. The van der Waals surface area contributed by atoms with Crippen LogP contribution in [-0.4, -0.2) is 34.6 Å². The van der Waals surface area contributed by atoms with Gasteiger partial charge in [0, 0.05) is 35.1 Å². The van der Waals surface area contributed by atoms with E-state index in [1.165, 1.54) is 11.3 Å². The third kappa shape index (κ3) is 5.07. The number of H-pyrrole nitrogens is 1. The maximum atomic E-state index is 12.7. The molecule has 0 bridgehead atoms. The molecule has 0 fully saturated rings. The van der Waals surface area contributed by atoms with Crippen molar-refractivity contribution in [1.82, 2.24) is 15.3 Å². The topological polar surface area (TPSA) is 96.1 Å². The van der Waals surface area contributed by atoms with E-state index in [2.05, 4.69) is 20.6 Å². The minimum absolute atomic E-state index is 0.215. The number of hydrogen-bond donors (Lipinski definition) is 3. The molecule has 0 saturated carbocycles. The maximum Gasteiger partial charge on any atom is 0.407 e. The number of carbonyl (C=O) groups excluding carboxylic acids is 2. The highest BCUT2D eigenvalue weighted by Gasteiger charge is 2.24. The molecule has 2 heterocycles. The summed E-state index contributed by atoms with van der Waals surface area (Å²) >= 11 is 1.32.